The third-order valence-corrected chi connectivity index (χ3v) is 4.56. The van der Waals surface area contributed by atoms with Gasteiger partial charge in [0.25, 0.3) is 0 Å². The number of ether oxygens (including phenoxy) is 1. The molecule has 28 heavy (non-hydrogen) atoms. The lowest BCUT2D eigenvalue weighted by Gasteiger charge is -2.20. The average Bonchev–Trinajstić information content (AvgIpc) is 3.06. The molecule has 8 nitrogen and oxygen atoms in total. The maximum atomic E-state index is 13.8. The minimum absolute atomic E-state index is 0.0321. The van der Waals surface area contributed by atoms with E-state index >= 15 is 0 Å². The van der Waals surface area contributed by atoms with Gasteiger partial charge < -0.3 is 20.5 Å². The number of hydrogen-bond donors (Lipinski definition) is 3. The maximum absolute atomic E-state index is 13.8. The highest BCUT2D eigenvalue weighted by atomic mass is 19.1. The lowest BCUT2D eigenvalue weighted by atomic mass is 10.1. The van der Waals surface area contributed by atoms with Crippen molar-refractivity contribution in [3.63, 3.8) is 0 Å². The molecule has 1 aromatic carbocycles. The number of rotatable bonds is 0. The van der Waals surface area contributed by atoms with Crippen molar-refractivity contribution in [1.29, 1.82) is 0 Å². The van der Waals surface area contributed by atoms with E-state index in [1.54, 1.807) is 23.0 Å². The lowest BCUT2D eigenvalue weighted by molar-refractivity contribution is -0.121. The van der Waals surface area contributed by atoms with Crippen LogP contribution in [0.1, 0.15) is 24.1 Å². The molecule has 0 fully saturated rings. The van der Waals surface area contributed by atoms with Gasteiger partial charge in [0.15, 0.2) is 5.65 Å². The van der Waals surface area contributed by atoms with Crippen LogP contribution < -0.4 is 15.4 Å². The van der Waals surface area contributed by atoms with Crippen molar-refractivity contribution in [3.8, 4) is 5.75 Å². The molecule has 4 rings (SSSR count). The molecule has 0 aliphatic carbocycles. The zero-order valence-electron chi connectivity index (χ0n) is 15.2. The van der Waals surface area contributed by atoms with Crippen LogP contribution in [-0.4, -0.2) is 44.9 Å². The number of halogens is 1. The van der Waals surface area contributed by atoms with Crippen LogP contribution in [0.3, 0.4) is 0 Å². The van der Waals surface area contributed by atoms with Crippen LogP contribution in [0.5, 0.6) is 5.75 Å². The fourth-order valence-electron chi connectivity index (χ4n) is 3.12. The van der Waals surface area contributed by atoms with Gasteiger partial charge in [0.05, 0.1) is 18.7 Å². The van der Waals surface area contributed by atoms with E-state index in [-0.39, 0.29) is 37.3 Å². The first-order valence-corrected chi connectivity index (χ1v) is 8.96. The first-order valence-electron chi connectivity index (χ1n) is 8.96. The molecule has 2 atom stereocenters. The fourth-order valence-corrected chi connectivity index (χ4v) is 3.12. The number of carbonyl (C=O) groups excluding carboxylic acids is 1. The standard InChI is InChI=1S/C19H20FN5O3/c1-11-15-7-13(20)2-3-16(15)28-10-14(26)9-21-18(27)6-12-8-22-25-5-4-17(23-11)24-19(12)25/h2-5,7-8,11,14,26H,6,9-10H2,1H3,(H,21,27)(H,23,24)/t11-,14+/m1/s1. The Bertz CT molecular complexity index is 1020. The molecule has 2 aromatic heterocycles. The number of aromatic nitrogens is 3. The van der Waals surface area contributed by atoms with Gasteiger partial charge in [-0.3, -0.25) is 4.79 Å². The summed E-state index contributed by atoms with van der Waals surface area (Å²) in [6.45, 7) is 1.88. The number of aliphatic hydroxyl groups excluding tert-OH is 1. The van der Waals surface area contributed by atoms with Gasteiger partial charge >= 0.3 is 0 Å². The summed E-state index contributed by atoms with van der Waals surface area (Å²) in [6.07, 6.45) is 2.52. The van der Waals surface area contributed by atoms with E-state index < -0.39 is 6.10 Å². The molecule has 3 N–H and O–H groups in total. The molecule has 0 spiro atoms. The summed E-state index contributed by atoms with van der Waals surface area (Å²) in [7, 11) is 0. The minimum Gasteiger partial charge on any atom is -0.490 e. The fraction of sp³-hybridized carbons (Fsp3) is 0.316. The topological polar surface area (TPSA) is 101 Å². The van der Waals surface area contributed by atoms with Gasteiger partial charge in [0.1, 0.15) is 30.1 Å². The molecule has 0 radical (unpaired) electrons. The molecule has 1 amide bonds. The van der Waals surface area contributed by atoms with Crippen molar-refractivity contribution >= 4 is 17.4 Å². The van der Waals surface area contributed by atoms with E-state index in [2.05, 4.69) is 20.7 Å². The molecule has 0 saturated carbocycles. The third kappa shape index (κ3) is 3.74. The summed E-state index contributed by atoms with van der Waals surface area (Å²) < 4.78 is 21.1. The summed E-state index contributed by atoms with van der Waals surface area (Å²) >= 11 is 0. The van der Waals surface area contributed by atoms with Gasteiger partial charge in [0.2, 0.25) is 5.91 Å². The van der Waals surface area contributed by atoms with Crippen molar-refractivity contribution in [1.82, 2.24) is 19.9 Å². The molecule has 146 valence electrons. The lowest BCUT2D eigenvalue weighted by Crippen LogP contribution is -2.36. The molecular formula is C19H20FN5O3. The number of β-amino-alcohol motifs (C(OH)–C–C–N with tert-alkyl or cyclic N) is 1. The Morgan fingerprint density at radius 2 is 2.21 bits per heavy atom. The average molecular weight is 385 g/mol. The van der Waals surface area contributed by atoms with Crippen molar-refractivity contribution in [2.45, 2.75) is 25.5 Å². The Morgan fingerprint density at radius 3 is 3.07 bits per heavy atom. The molecular weight excluding hydrogens is 365 g/mol. The van der Waals surface area contributed by atoms with Crippen LogP contribution in [0, 0.1) is 5.82 Å². The van der Waals surface area contributed by atoms with Crippen LogP contribution in [0.15, 0.2) is 36.7 Å². The van der Waals surface area contributed by atoms with Crippen LogP contribution in [-0.2, 0) is 11.2 Å². The van der Waals surface area contributed by atoms with Gasteiger partial charge in [0, 0.05) is 23.9 Å². The summed E-state index contributed by atoms with van der Waals surface area (Å²) in [6, 6.07) is 5.66. The van der Waals surface area contributed by atoms with Crippen LogP contribution in [0.4, 0.5) is 10.2 Å². The first-order chi connectivity index (χ1) is 13.5. The molecule has 0 saturated heterocycles. The summed E-state index contributed by atoms with van der Waals surface area (Å²) in [4.78, 5) is 16.7. The quantitative estimate of drug-likeness (QED) is 0.542. The molecule has 2 bridgehead atoms. The highest BCUT2D eigenvalue weighted by Crippen LogP contribution is 2.29. The van der Waals surface area contributed by atoms with Crippen LogP contribution in [0.25, 0.3) is 5.65 Å². The first kappa shape index (κ1) is 18.2. The number of hydrogen-bond acceptors (Lipinski definition) is 6. The third-order valence-electron chi connectivity index (χ3n) is 4.56. The molecule has 3 aromatic rings. The smallest absolute Gasteiger partial charge is 0.224 e. The van der Waals surface area contributed by atoms with Crippen molar-refractivity contribution < 1.29 is 19.0 Å². The zero-order valence-corrected chi connectivity index (χ0v) is 15.2. The second-order valence-corrected chi connectivity index (χ2v) is 6.74. The maximum Gasteiger partial charge on any atom is 0.224 e. The Morgan fingerprint density at radius 1 is 1.36 bits per heavy atom. The van der Waals surface area contributed by atoms with Gasteiger partial charge in [-0.2, -0.15) is 5.10 Å². The molecule has 1 aliphatic heterocycles. The van der Waals surface area contributed by atoms with E-state index in [1.165, 1.54) is 18.2 Å². The molecule has 1 aliphatic rings. The number of benzene rings is 1. The Hall–Kier alpha value is -3.20. The number of nitrogens with one attached hydrogen (secondary N) is 2. The van der Waals surface area contributed by atoms with E-state index in [0.717, 1.165) is 0 Å². The normalized spacial score (nSPS) is 20.5. The van der Waals surface area contributed by atoms with Crippen LogP contribution in [0.2, 0.25) is 0 Å². The van der Waals surface area contributed by atoms with E-state index in [0.29, 0.717) is 28.3 Å². The molecule has 9 heteroatoms. The van der Waals surface area contributed by atoms with Gasteiger partial charge in [-0.25, -0.2) is 13.9 Å². The number of fused-ring (bicyclic) bond motifs is 2. The Balaban J connectivity index is 1.74. The minimum atomic E-state index is -0.901. The number of carbonyl (C=O) groups is 1. The largest absolute Gasteiger partial charge is 0.490 e. The van der Waals surface area contributed by atoms with Crippen molar-refractivity contribution in [2.24, 2.45) is 0 Å². The zero-order chi connectivity index (χ0) is 19.7. The summed E-state index contributed by atoms with van der Waals surface area (Å²) in [5.41, 5.74) is 1.82. The van der Waals surface area contributed by atoms with Crippen LogP contribution >= 0.6 is 0 Å². The van der Waals surface area contributed by atoms with E-state index in [4.69, 9.17) is 4.74 Å². The predicted octanol–water partition coefficient (Wildman–Crippen LogP) is 1.45. The monoisotopic (exact) mass is 385 g/mol. The van der Waals surface area contributed by atoms with Gasteiger partial charge in [-0.15, -0.1) is 0 Å². The number of anilines is 1. The molecule has 0 unspecified atom stereocenters. The summed E-state index contributed by atoms with van der Waals surface area (Å²) in [5, 5.41) is 20.2. The number of nitrogens with zero attached hydrogens (tertiary/aromatic N) is 3. The SMILES string of the molecule is C[C@H]1Nc2ccn3ncc(c3n2)CC(=O)NC[C@H](O)COc2ccc(F)cc21. The van der Waals surface area contributed by atoms with Crippen molar-refractivity contribution in [3.05, 3.63) is 53.6 Å². The number of aliphatic hydroxyl groups is 1. The van der Waals surface area contributed by atoms with E-state index in [9.17, 15) is 14.3 Å². The van der Waals surface area contributed by atoms with Crippen molar-refractivity contribution in [2.75, 3.05) is 18.5 Å². The Kier molecular flexibility index (Phi) is 4.82. The second-order valence-electron chi connectivity index (χ2n) is 6.74. The number of amides is 1. The highest BCUT2D eigenvalue weighted by molar-refractivity contribution is 5.80. The highest BCUT2D eigenvalue weighted by Gasteiger charge is 2.18. The Labute approximate surface area is 160 Å². The predicted molar refractivity (Wildman–Crippen MR) is 99.6 cm³/mol. The van der Waals surface area contributed by atoms with E-state index in [1.807, 2.05) is 6.92 Å². The molecule has 3 heterocycles. The van der Waals surface area contributed by atoms with Gasteiger partial charge in [-0.1, -0.05) is 0 Å². The van der Waals surface area contributed by atoms with Gasteiger partial charge in [-0.05, 0) is 31.2 Å². The second kappa shape index (κ2) is 7.43. The summed E-state index contributed by atoms with van der Waals surface area (Å²) in [5.74, 6) is 0.378.